The van der Waals surface area contributed by atoms with E-state index in [9.17, 15) is 9.59 Å². The molecular formula is C25H27N7O2. The van der Waals surface area contributed by atoms with E-state index in [1.807, 2.05) is 43.3 Å². The van der Waals surface area contributed by atoms with Crippen molar-refractivity contribution in [2.24, 2.45) is 0 Å². The Morgan fingerprint density at radius 1 is 1.18 bits per heavy atom. The first-order chi connectivity index (χ1) is 16.5. The van der Waals surface area contributed by atoms with E-state index in [4.69, 9.17) is 0 Å². The number of fused-ring (bicyclic) bond motifs is 1. The van der Waals surface area contributed by atoms with E-state index < -0.39 is 6.04 Å². The summed E-state index contributed by atoms with van der Waals surface area (Å²) in [7, 11) is 0. The van der Waals surface area contributed by atoms with E-state index >= 15 is 0 Å². The fourth-order valence-electron chi connectivity index (χ4n) is 4.24. The third kappa shape index (κ3) is 4.28. The SMILES string of the molecule is CCc1ccccc1C(CNC(=O)c1ccc2n[nH]c(C)c2c1)NC(=O)c1cnnn1C1CC1. The fourth-order valence-corrected chi connectivity index (χ4v) is 4.24. The van der Waals surface area contributed by atoms with Crippen LogP contribution in [-0.2, 0) is 6.42 Å². The maximum absolute atomic E-state index is 13.2. The van der Waals surface area contributed by atoms with Crippen molar-refractivity contribution in [1.29, 1.82) is 0 Å². The monoisotopic (exact) mass is 457 g/mol. The number of aromatic amines is 1. The van der Waals surface area contributed by atoms with E-state index in [0.717, 1.165) is 47.0 Å². The van der Waals surface area contributed by atoms with Crippen molar-refractivity contribution in [3.05, 3.63) is 76.7 Å². The summed E-state index contributed by atoms with van der Waals surface area (Å²) in [6, 6.07) is 13.2. The largest absolute Gasteiger partial charge is 0.350 e. The number of carbonyl (C=O) groups is 2. The summed E-state index contributed by atoms with van der Waals surface area (Å²) in [5.74, 6) is -0.460. The topological polar surface area (TPSA) is 118 Å². The lowest BCUT2D eigenvalue weighted by Gasteiger charge is -2.22. The summed E-state index contributed by atoms with van der Waals surface area (Å²) < 4.78 is 1.69. The highest BCUT2D eigenvalue weighted by Gasteiger charge is 2.30. The van der Waals surface area contributed by atoms with E-state index in [1.165, 1.54) is 6.20 Å². The van der Waals surface area contributed by atoms with Gasteiger partial charge in [-0.3, -0.25) is 14.7 Å². The van der Waals surface area contributed by atoms with Crippen LogP contribution in [0.3, 0.4) is 0 Å². The quantitative estimate of drug-likeness (QED) is 0.375. The molecule has 2 aromatic heterocycles. The van der Waals surface area contributed by atoms with Gasteiger partial charge in [0.2, 0.25) is 0 Å². The Balaban J connectivity index is 1.37. The molecule has 0 saturated heterocycles. The van der Waals surface area contributed by atoms with Gasteiger partial charge in [0.05, 0.1) is 23.8 Å². The van der Waals surface area contributed by atoms with Crippen LogP contribution in [0, 0.1) is 6.92 Å². The summed E-state index contributed by atoms with van der Waals surface area (Å²) in [6.07, 6.45) is 4.32. The molecule has 1 unspecified atom stereocenters. The molecule has 1 aliphatic carbocycles. The molecule has 2 heterocycles. The van der Waals surface area contributed by atoms with Gasteiger partial charge in [-0.25, -0.2) is 4.68 Å². The summed E-state index contributed by atoms with van der Waals surface area (Å²) in [4.78, 5) is 26.2. The molecule has 0 bridgehead atoms. The lowest BCUT2D eigenvalue weighted by atomic mass is 9.98. The molecule has 34 heavy (non-hydrogen) atoms. The van der Waals surface area contributed by atoms with Crippen molar-refractivity contribution in [3.63, 3.8) is 0 Å². The maximum atomic E-state index is 13.2. The molecule has 0 radical (unpaired) electrons. The van der Waals surface area contributed by atoms with Crippen LogP contribution < -0.4 is 10.6 Å². The van der Waals surface area contributed by atoms with Crippen LogP contribution in [-0.4, -0.2) is 43.6 Å². The Bertz CT molecular complexity index is 1350. The zero-order chi connectivity index (χ0) is 23.7. The number of aromatic nitrogens is 5. The lowest BCUT2D eigenvalue weighted by Crippen LogP contribution is -2.39. The number of amides is 2. The van der Waals surface area contributed by atoms with Gasteiger partial charge in [-0.2, -0.15) is 5.10 Å². The van der Waals surface area contributed by atoms with E-state index in [-0.39, 0.29) is 24.4 Å². The molecule has 4 aromatic rings. The number of H-pyrrole nitrogens is 1. The highest BCUT2D eigenvalue weighted by Crippen LogP contribution is 2.34. The van der Waals surface area contributed by atoms with Gasteiger partial charge in [0.25, 0.3) is 11.8 Å². The van der Waals surface area contributed by atoms with Gasteiger partial charge in [-0.05, 0) is 55.5 Å². The van der Waals surface area contributed by atoms with Gasteiger partial charge in [0.15, 0.2) is 0 Å². The second-order valence-corrected chi connectivity index (χ2v) is 8.66. The summed E-state index contributed by atoms with van der Waals surface area (Å²) in [6.45, 7) is 4.24. The Kier molecular flexibility index (Phi) is 5.83. The first-order valence-corrected chi connectivity index (χ1v) is 11.6. The number of rotatable bonds is 8. The molecule has 2 amide bonds. The molecule has 9 heteroatoms. The van der Waals surface area contributed by atoms with Crippen LogP contribution in [0.15, 0.2) is 48.7 Å². The van der Waals surface area contributed by atoms with Crippen LogP contribution in [0.4, 0.5) is 0 Å². The highest BCUT2D eigenvalue weighted by molar-refractivity contribution is 5.98. The zero-order valence-electron chi connectivity index (χ0n) is 19.2. The molecule has 174 valence electrons. The smallest absolute Gasteiger partial charge is 0.271 e. The van der Waals surface area contributed by atoms with Crippen molar-refractivity contribution < 1.29 is 9.59 Å². The van der Waals surface area contributed by atoms with E-state index in [0.29, 0.717) is 11.3 Å². The van der Waals surface area contributed by atoms with Crippen LogP contribution in [0.1, 0.15) is 69.5 Å². The molecule has 1 fully saturated rings. The van der Waals surface area contributed by atoms with Gasteiger partial charge in [0, 0.05) is 23.2 Å². The molecule has 5 rings (SSSR count). The second kappa shape index (κ2) is 9.09. The number of nitrogens with zero attached hydrogens (tertiary/aromatic N) is 4. The van der Waals surface area contributed by atoms with Gasteiger partial charge in [-0.1, -0.05) is 36.4 Å². The molecule has 0 aliphatic heterocycles. The van der Waals surface area contributed by atoms with Gasteiger partial charge < -0.3 is 10.6 Å². The lowest BCUT2D eigenvalue weighted by molar-refractivity contribution is 0.0901. The van der Waals surface area contributed by atoms with Gasteiger partial charge in [0.1, 0.15) is 5.69 Å². The number of carbonyl (C=O) groups excluding carboxylic acids is 2. The minimum Gasteiger partial charge on any atom is -0.350 e. The first-order valence-electron chi connectivity index (χ1n) is 11.6. The predicted molar refractivity (Wildman–Crippen MR) is 127 cm³/mol. The van der Waals surface area contributed by atoms with Crippen molar-refractivity contribution >= 4 is 22.7 Å². The minimum atomic E-state index is -0.408. The molecular weight excluding hydrogens is 430 g/mol. The normalized spacial score (nSPS) is 14.2. The first kappa shape index (κ1) is 21.8. The number of nitrogens with one attached hydrogen (secondary N) is 3. The van der Waals surface area contributed by atoms with E-state index in [1.54, 1.807) is 10.7 Å². The Hall–Kier alpha value is -4.01. The maximum Gasteiger partial charge on any atom is 0.271 e. The Morgan fingerprint density at radius 3 is 2.79 bits per heavy atom. The highest BCUT2D eigenvalue weighted by atomic mass is 16.2. The number of hydrogen-bond donors (Lipinski definition) is 3. The minimum absolute atomic E-state index is 0.208. The average Bonchev–Trinajstić information content (AvgIpc) is 3.47. The Labute approximate surface area is 196 Å². The fraction of sp³-hybridized carbons (Fsp3) is 0.320. The molecule has 1 aliphatic rings. The van der Waals surface area contributed by atoms with Crippen LogP contribution >= 0.6 is 0 Å². The number of hydrogen-bond acceptors (Lipinski definition) is 5. The summed E-state index contributed by atoms with van der Waals surface area (Å²) >= 11 is 0. The average molecular weight is 458 g/mol. The zero-order valence-corrected chi connectivity index (χ0v) is 19.2. The second-order valence-electron chi connectivity index (χ2n) is 8.66. The van der Waals surface area contributed by atoms with Gasteiger partial charge >= 0.3 is 0 Å². The van der Waals surface area contributed by atoms with Gasteiger partial charge in [-0.15, -0.1) is 5.10 Å². The number of benzene rings is 2. The third-order valence-electron chi connectivity index (χ3n) is 6.29. The van der Waals surface area contributed by atoms with Crippen molar-refractivity contribution in [2.75, 3.05) is 6.54 Å². The Morgan fingerprint density at radius 2 is 2.00 bits per heavy atom. The van der Waals surface area contributed by atoms with Crippen LogP contribution in [0.25, 0.3) is 10.9 Å². The molecule has 1 saturated carbocycles. The summed E-state index contributed by atoms with van der Waals surface area (Å²) in [5, 5.41) is 22.2. The van der Waals surface area contributed by atoms with Crippen molar-refractivity contribution in [1.82, 2.24) is 35.8 Å². The molecule has 3 N–H and O–H groups in total. The molecule has 2 aromatic carbocycles. The predicted octanol–water partition coefficient (Wildman–Crippen LogP) is 3.26. The molecule has 0 spiro atoms. The van der Waals surface area contributed by atoms with Crippen LogP contribution in [0.5, 0.6) is 0 Å². The van der Waals surface area contributed by atoms with E-state index in [2.05, 4.69) is 38.1 Å². The molecule has 1 atom stereocenters. The molecule has 9 nitrogen and oxygen atoms in total. The number of aryl methyl sites for hydroxylation is 2. The standard InChI is InChI=1S/C25H27N7O2/c1-3-16-6-4-5-7-19(16)22(28-25(34)23-14-27-31-32(23)18-9-10-18)13-26-24(33)17-8-11-21-20(12-17)15(2)29-30-21/h4-8,11-12,14,18,22H,3,9-10,13H2,1-2H3,(H,26,33)(H,28,34)(H,29,30). The summed E-state index contributed by atoms with van der Waals surface area (Å²) in [5.41, 5.74) is 4.80. The van der Waals surface area contributed by atoms with Crippen LogP contribution in [0.2, 0.25) is 0 Å². The third-order valence-corrected chi connectivity index (χ3v) is 6.29. The van der Waals surface area contributed by atoms with Crippen molar-refractivity contribution in [3.8, 4) is 0 Å². The van der Waals surface area contributed by atoms with Crippen molar-refractivity contribution in [2.45, 2.75) is 45.2 Å².